The lowest BCUT2D eigenvalue weighted by molar-refractivity contribution is 0.0932. The average molecular weight is 351 g/mol. The molecule has 1 aromatic carbocycles. The van der Waals surface area contributed by atoms with Crippen molar-refractivity contribution in [1.29, 1.82) is 0 Å². The van der Waals surface area contributed by atoms with Gasteiger partial charge in [-0.15, -0.1) is 0 Å². The van der Waals surface area contributed by atoms with Gasteiger partial charge in [0.05, 0.1) is 12.4 Å². The largest absolute Gasteiger partial charge is 0.348 e. The van der Waals surface area contributed by atoms with Gasteiger partial charge in [-0.3, -0.25) is 4.79 Å². The Morgan fingerprint density at radius 2 is 1.74 bits per heavy atom. The molecule has 3 rings (SSSR count). The second kappa shape index (κ2) is 7.15. The van der Waals surface area contributed by atoms with Gasteiger partial charge in [-0.25, -0.2) is 9.97 Å². The van der Waals surface area contributed by atoms with Crippen molar-refractivity contribution in [3.05, 3.63) is 46.3 Å². The highest BCUT2D eigenvalue weighted by Crippen LogP contribution is 2.24. The Labute approximate surface area is 144 Å². The van der Waals surface area contributed by atoms with Crippen molar-refractivity contribution in [3.8, 4) is 0 Å². The van der Waals surface area contributed by atoms with E-state index in [1.807, 2.05) is 0 Å². The lowest BCUT2D eigenvalue weighted by Gasteiger charge is -2.11. The van der Waals surface area contributed by atoms with Gasteiger partial charge >= 0.3 is 0 Å². The molecule has 1 amide bonds. The first kappa shape index (κ1) is 16.0. The third kappa shape index (κ3) is 4.33. The number of nitrogens with zero attached hydrogens (tertiary/aromatic N) is 2. The van der Waals surface area contributed by atoms with Crippen LogP contribution in [0.3, 0.4) is 0 Å². The smallest absolute Gasteiger partial charge is 0.271 e. The molecule has 1 aromatic heterocycles. The third-order valence-corrected chi connectivity index (χ3v) is 4.15. The molecule has 1 aliphatic rings. The number of halogens is 2. The summed E-state index contributed by atoms with van der Waals surface area (Å²) in [6.07, 6.45) is 7.38. The number of carbonyl (C=O) groups excluding carboxylic acids is 1. The fourth-order valence-corrected chi connectivity index (χ4v) is 3.14. The second-order valence-electron chi connectivity index (χ2n) is 5.52. The van der Waals surface area contributed by atoms with Crippen LogP contribution in [0.4, 0.5) is 11.5 Å². The van der Waals surface area contributed by atoms with Crippen molar-refractivity contribution < 1.29 is 4.79 Å². The van der Waals surface area contributed by atoms with Crippen molar-refractivity contribution in [2.45, 2.75) is 31.7 Å². The number of hydrogen-bond acceptors (Lipinski definition) is 4. The highest BCUT2D eigenvalue weighted by molar-refractivity contribution is 6.35. The molecule has 0 spiro atoms. The first-order chi connectivity index (χ1) is 11.1. The van der Waals surface area contributed by atoms with E-state index in [2.05, 4.69) is 20.6 Å². The summed E-state index contributed by atoms with van der Waals surface area (Å²) in [4.78, 5) is 20.5. The maximum absolute atomic E-state index is 12.1. The minimum atomic E-state index is -0.179. The fraction of sp³-hybridized carbons (Fsp3) is 0.312. The molecule has 0 unspecified atom stereocenters. The molecule has 5 nitrogen and oxygen atoms in total. The van der Waals surface area contributed by atoms with Crippen LogP contribution in [0.15, 0.2) is 30.6 Å². The predicted molar refractivity (Wildman–Crippen MR) is 91.5 cm³/mol. The second-order valence-corrected chi connectivity index (χ2v) is 6.40. The van der Waals surface area contributed by atoms with E-state index in [4.69, 9.17) is 23.2 Å². The van der Waals surface area contributed by atoms with Gasteiger partial charge in [0.2, 0.25) is 0 Å². The first-order valence-corrected chi connectivity index (χ1v) is 8.22. The molecule has 120 valence electrons. The van der Waals surface area contributed by atoms with Gasteiger partial charge in [0, 0.05) is 21.8 Å². The van der Waals surface area contributed by atoms with Crippen LogP contribution in [0, 0.1) is 0 Å². The topological polar surface area (TPSA) is 66.9 Å². The van der Waals surface area contributed by atoms with Gasteiger partial charge in [-0.1, -0.05) is 36.0 Å². The summed E-state index contributed by atoms with van der Waals surface area (Å²) in [6, 6.07) is 5.37. The SMILES string of the molecule is O=C(NC1CCCC1)c1cnc(Nc2cc(Cl)cc(Cl)c2)cn1. The van der Waals surface area contributed by atoms with Gasteiger partial charge in [0.25, 0.3) is 5.91 Å². The third-order valence-electron chi connectivity index (χ3n) is 3.71. The molecule has 1 fully saturated rings. The molecule has 1 aliphatic carbocycles. The summed E-state index contributed by atoms with van der Waals surface area (Å²) in [5.41, 5.74) is 1.02. The molecule has 23 heavy (non-hydrogen) atoms. The number of hydrogen-bond donors (Lipinski definition) is 2. The summed E-state index contributed by atoms with van der Waals surface area (Å²) in [5.74, 6) is 0.336. The number of carbonyl (C=O) groups is 1. The maximum Gasteiger partial charge on any atom is 0.271 e. The molecule has 0 saturated heterocycles. The lowest BCUT2D eigenvalue weighted by Crippen LogP contribution is -2.33. The molecule has 2 aromatic rings. The van der Waals surface area contributed by atoms with E-state index < -0.39 is 0 Å². The van der Waals surface area contributed by atoms with Crippen molar-refractivity contribution in [2.75, 3.05) is 5.32 Å². The molecule has 1 heterocycles. The molecule has 0 aliphatic heterocycles. The minimum absolute atomic E-state index is 0.179. The van der Waals surface area contributed by atoms with Crippen LogP contribution >= 0.6 is 23.2 Å². The monoisotopic (exact) mass is 350 g/mol. The highest BCUT2D eigenvalue weighted by atomic mass is 35.5. The molecular formula is C16H16Cl2N4O. The zero-order valence-corrected chi connectivity index (χ0v) is 13.9. The normalized spacial score (nSPS) is 14.7. The van der Waals surface area contributed by atoms with Crippen LogP contribution in [0.25, 0.3) is 0 Å². The van der Waals surface area contributed by atoms with E-state index in [0.29, 0.717) is 27.2 Å². The molecule has 2 N–H and O–H groups in total. The molecule has 7 heteroatoms. The number of rotatable bonds is 4. The van der Waals surface area contributed by atoms with Gasteiger partial charge in [0.15, 0.2) is 0 Å². The lowest BCUT2D eigenvalue weighted by atomic mass is 10.2. The molecule has 1 saturated carbocycles. The van der Waals surface area contributed by atoms with Crippen LogP contribution in [-0.4, -0.2) is 21.9 Å². The average Bonchev–Trinajstić information content (AvgIpc) is 3.00. The minimum Gasteiger partial charge on any atom is -0.348 e. The standard InChI is InChI=1S/C16H16Cl2N4O/c17-10-5-11(18)7-13(6-10)21-15-9-19-14(8-20-15)16(23)22-12-3-1-2-4-12/h5-9,12H,1-4H2,(H,20,21)(H,22,23). The van der Waals surface area contributed by atoms with E-state index in [1.165, 1.54) is 25.2 Å². The molecular weight excluding hydrogens is 335 g/mol. The molecule has 0 bridgehead atoms. The van der Waals surface area contributed by atoms with Gasteiger partial charge in [-0.05, 0) is 31.0 Å². The van der Waals surface area contributed by atoms with Crippen LogP contribution in [0.1, 0.15) is 36.2 Å². The summed E-state index contributed by atoms with van der Waals surface area (Å²) in [6.45, 7) is 0. The zero-order chi connectivity index (χ0) is 16.2. The van der Waals surface area contributed by atoms with Crippen LogP contribution in [0.2, 0.25) is 10.0 Å². The highest BCUT2D eigenvalue weighted by Gasteiger charge is 2.18. The van der Waals surface area contributed by atoms with E-state index >= 15 is 0 Å². The summed E-state index contributed by atoms with van der Waals surface area (Å²) >= 11 is 11.9. The quantitative estimate of drug-likeness (QED) is 0.866. The number of aromatic nitrogens is 2. The Bertz CT molecular complexity index is 679. The number of anilines is 2. The summed E-state index contributed by atoms with van der Waals surface area (Å²) in [7, 11) is 0. The first-order valence-electron chi connectivity index (χ1n) is 7.46. The van der Waals surface area contributed by atoms with E-state index in [1.54, 1.807) is 18.2 Å². The van der Waals surface area contributed by atoms with E-state index in [0.717, 1.165) is 12.8 Å². The molecule has 0 atom stereocenters. The number of benzene rings is 1. The van der Waals surface area contributed by atoms with Crippen LogP contribution in [0.5, 0.6) is 0 Å². The number of nitrogens with one attached hydrogen (secondary N) is 2. The predicted octanol–water partition coefficient (Wildman–Crippen LogP) is 4.20. The van der Waals surface area contributed by atoms with Crippen molar-refractivity contribution in [3.63, 3.8) is 0 Å². The van der Waals surface area contributed by atoms with Crippen molar-refractivity contribution in [2.24, 2.45) is 0 Å². The number of amides is 1. The maximum atomic E-state index is 12.1. The van der Waals surface area contributed by atoms with Crippen molar-refractivity contribution in [1.82, 2.24) is 15.3 Å². The van der Waals surface area contributed by atoms with Gasteiger partial charge < -0.3 is 10.6 Å². The van der Waals surface area contributed by atoms with E-state index in [9.17, 15) is 4.79 Å². The zero-order valence-electron chi connectivity index (χ0n) is 12.4. The summed E-state index contributed by atoms with van der Waals surface area (Å²) < 4.78 is 0. The van der Waals surface area contributed by atoms with Crippen LogP contribution in [-0.2, 0) is 0 Å². The Morgan fingerprint density at radius 1 is 1.04 bits per heavy atom. The van der Waals surface area contributed by atoms with Gasteiger partial charge in [0.1, 0.15) is 11.5 Å². The Morgan fingerprint density at radius 3 is 2.35 bits per heavy atom. The van der Waals surface area contributed by atoms with E-state index in [-0.39, 0.29) is 11.9 Å². The Hall–Kier alpha value is -1.85. The van der Waals surface area contributed by atoms with Crippen molar-refractivity contribution >= 4 is 40.6 Å². The Kier molecular flexibility index (Phi) is 4.98. The summed E-state index contributed by atoms with van der Waals surface area (Å²) in [5, 5.41) is 7.09. The van der Waals surface area contributed by atoms with Crippen LogP contribution < -0.4 is 10.6 Å². The molecule has 0 radical (unpaired) electrons. The fourth-order valence-electron chi connectivity index (χ4n) is 2.61. The Balaban J connectivity index is 1.65. The van der Waals surface area contributed by atoms with Gasteiger partial charge in [-0.2, -0.15) is 0 Å².